The van der Waals surface area contributed by atoms with Crippen LogP contribution in [0.15, 0.2) is 35.4 Å². The fraction of sp³-hybridized carbons (Fsp3) is 0.565. The van der Waals surface area contributed by atoms with E-state index < -0.39 is 17.6 Å². The molecule has 9 heteroatoms. The highest BCUT2D eigenvalue weighted by Gasteiger charge is 2.40. The molecule has 2 aliphatic heterocycles. The number of amides is 2. The summed E-state index contributed by atoms with van der Waals surface area (Å²) in [4.78, 5) is 43.4. The maximum Gasteiger partial charge on any atom is 0.331 e. The Hall–Kier alpha value is -2.94. The molecule has 0 aromatic heterocycles. The van der Waals surface area contributed by atoms with Gasteiger partial charge >= 0.3 is 5.97 Å². The van der Waals surface area contributed by atoms with Crippen molar-refractivity contribution in [1.29, 1.82) is 0 Å². The fourth-order valence-electron chi connectivity index (χ4n) is 3.64. The van der Waals surface area contributed by atoms with Crippen LogP contribution in [0.3, 0.4) is 0 Å². The highest BCUT2D eigenvalue weighted by molar-refractivity contribution is 6.40. The predicted octanol–water partition coefficient (Wildman–Crippen LogP) is 1.20. The standard InChI is InChI=1S/C23H33N5O4/c1-23(2,3)32-22(31)19-15-18(24-28(19)17-9-7-6-8-10-17)21(30)27-13-11-26(12-14-27)16-20(29)25(4)5/h6-10,19H,11-16H2,1-5H3. The number of likely N-dealkylation sites (N-methyl/N-ethyl adjacent to an activating group) is 1. The molecule has 0 saturated carbocycles. The lowest BCUT2D eigenvalue weighted by Gasteiger charge is -2.34. The molecular weight excluding hydrogens is 410 g/mol. The molecule has 0 aliphatic carbocycles. The third-order valence-electron chi connectivity index (χ3n) is 5.37. The molecule has 0 N–H and O–H groups in total. The lowest BCUT2D eigenvalue weighted by atomic mass is 10.1. The molecule has 32 heavy (non-hydrogen) atoms. The number of nitrogens with zero attached hydrogens (tertiary/aromatic N) is 5. The van der Waals surface area contributed by atoms with Crippen LogP contribution in [0.1, 0.15) is 27.2 Å². The summed E-state index contributed by atoms with van der Waals surface area (Å²) in [5.41, 5.74) is 0.452. The van der Waals surface area contributed by atoms with Crippen LogP contribution in [0.2, 0.25) is 0 Å². The number of para-hydroxylation sites is 1. The molecule has 1 fully saturated rings. The smallest absolute Gasteiger partial charge is 0.331 e. The van der Waals surface area contributed by atoms with Crippen LogP contribution in [0.5, 0.6) is 0 Å². The van der Waals surface area contributed by atoms with E-state index in [1.54, 1.807) is 28.9 Å². The predicted molar refractivity (Wildman–Crippen MR) is 122 cm³/mol. The summed E-state index contributed by atoms with van der Waals surface area (Å²) in [5, 5.41) is 6.13. The summed E-state index contributed by atoms with van der Waals surface area (Å²) in [6.45, 7) is 8.08. The van der Waals surface area contributed by atoms with E-state index in [4.69, 9.17) is 4.74 Å². The number of hydrogen-bond donors (Lipinski definition) is 0. The molecule has 1 saturated heterocycles. The van der Waals surface area contributed by atoms with Gasteiger partial charge in [-0.15, -0.1) is 0 Å². The Bertz CT molecular complexity index is 870. The molecule has 174 valence electrons. The highest BCUT2D eigenvalue weighted by Crippen LogP contribution is 2.27. The van der Waals surface area contributed by atoms with E-state index in [9.17, 15) is 14.4 Å². The van der Waals surface area contributed by atoms with E-state index in [0.717, 1.165) is 5.69 Å². The maximum atomic E-state index is 13.2. The van der Waals surface area contributed by atoms with Crippen LogP contribution < -0.4 is 5.01 Å². The van der Waals surface area contributed by atoms with Gasteiger partial charge in [0.15, 0.2) is 6.04 Å². The minimum atomic E-state index is -0.686. The lowest BCUT2D eigenvalue weighted by molar-refractivity contribution is -0.156. The molecule has 3 rings (SSSR count). The highest BCUT2D eigenvalue weighted by atomic mass is 16.6. The van der Waals surface area contributed by atoms with Gasteiger partial charge in [0.05, 0.1) is 12.2 Å². The second kappa shape index (κ2) is 9.68. The molecule has 2 aliphatic rings. The third kappa shape index (κ3) is 5.85. The van der Waals surface area contributed by atoms with E-state index in [-0.39, 0.29) is 18.2 Å². The van der Waals surface area contributed by atoms with Crippen molar-refractivity contribution in [3.8, 4) is 0 Å². The fourth-order valence-corrected chi connectivity index (χ4v) is 3.64. The number of rotatable bonds is 5. The molecule has 9 nitrogen and oxygen atoms in total. The van der Waals surface area contributed by atoms with Crippen molar-refractivity contribution in [3.05, 3.63) is 30.3 Å². The summed E-state index contributed by atoms with van der Waals surface area (Å²) in [5.74, 6) is -0.529. The second-order valence-electron chi connectivity index (χ2n) is 9.34. The first-order chi connectivity index (χ1) is 15.0. The molecule has 1 aromatic rings. The van der Waals surface area contributed by atoms with Crippen molar-refractivity contribution in [2.45, 2.75) is 38.8 Å². The van der Waals surface area contributed by atoms with Crippen LogP contribution in [-0.2, 0) is 19.1 Å². The molecule has 0 spiro atoms. The average Bonchev–Trinajstić information content (AvgIpc) is 3.19. The molecule has 2 amide bonds. The van der Waals surface area contributed by atoms with Crippen LogP contribution in [0, 0.1) is 0 Å². The molecular formula is C23H33N5O4. The van der Waals surface area contributed by atoms with Gasteiger partial charge in [-0.05, 0) is 32.9 Å². The zero-order valence-electron chi connectivity index (χ0n) is 19.6. The number of esters is 1. The number of benzene rings is 1. The van der Waals surface area contributed by atoms with Crippen LogP contribution >= 0.6 is 0 Å². The Kier molecular flexibility index (Phi) is 7.18. The summed E-state index contributed by atoms with van der Waals surface area (Å²) in [7, 11) is 3.47. The third-order valence-corrected chi connectivity index (χ3v) is 5.37. The van der Waals surface area contributed by atoms with Crippen molar-refractivity contribution in [3.63, 3.8) is 0 Å². The Balaban J connectivity index is 1.70. The summed E-state index contributed by atoms with van der Waals surface area (Å²) in [6, 6.07) is 8.65. The molecule has 1 aromatic carbocycles. The Labute approximate surface area is 189 Å². The van der Waals surface area contributed by atoms with Gasteiger partial charge in [-0.25, -0.2) is 4.79 Å². The molecule has 1 atom stereocenters. The second-order valence-corrected chi connectivity index (χ2v) is 9.34. The maximum absolute atomic E-state index is 13.2. The van der Waals surface area contributed by atoms with Crippen molar-refractivity contribution in [1.82, 2.24) is 14.7 Å². The van der Waals surface area contributed by atoms with Crippen molar-refractivity contribution >= 4 is 29.2 Å². The van der Waals surface area contributed by atoms with Crippen molar-refractivity contribution < 1.29 is 19.1 Å². The van der Waals surface area contributed by atoms with E-state index in [1.807, 2.05) is 56.0 Å². The van der Waals surface area contributed by atoms with Crippen molar-refractivity contribution in [2.24, 2.45) is 5.10 Å². The van der Waals surface area contributed by atoms with Gasteiger partial charge in [-0.3, -0.25) is 19.5 Å². The number of hydrazone groups is 1. The minimum absolute atomic E-state index is 0.0450. The van der Waals surface area contributed by atoms with Crippen molar-refractivity contribution in [2.75, 3.05) is 51.8 Å². The zero-order chi connectivity index (χ0) is 23.5. The number of carbonyl (C=O) groups excluding carboxylic acids is 3. The number of carbonyl (C=O) groups is 3. The molecule has 0 bridgehead atoms. The van der Waals surface area contributed by atoms with Gasteiger partial charge in [-0.2, -0.15) is 5.10 Å². The number of piperazine rings is 1. The quantitative estimate of drug-likeness (QED) is 0.636. The van der Waals surface area contributed by atoms with Gasteiger partial charge in [-0.1, -0.05) is 18.2 Å². The average molecular weight is 444 g/mol. The first-order valence-electron chi connectivity index (χ1n) is 10.9. The number of anilines is 1. The number of ether oxygens (including phenoxy) is 1. The van der Waals surface area contributed by atoms with Gasteiger partial charge < -0.3 is 14.5 Å². The van der Waals surface area contributed by atoms with Gasteiger partial charge in [0.2, 0.25) is 5.91 Å². The monoisotopic (exact) mass is 443 g/mol. The first kappa shape index (κ1) is 23.7. The Morgan fingerprint density at radius 1 is 1.06 bits per heavy atom. The van der Waals surface area contributed by atoms with Gasteiger partial charge in [0, 0.05) is 46.7 Å². The van der Waals surface area contributed by atoms with E-state index >= 15 is 0 Å². The minimum Gasteiger partial charge on any atom is -0.458 e. The molecule has 2 heterocycles. The lowest BCUT2D eigenvalue weighted by Crippen LogP contribution is -2.52. The van der Waals surface area contributed by atoms with Crippen LogP contribution in [0.25, 0.3) is 0 Å². The van der Waals surface area contributed by atoms with Gasteiger partial charge in [0.25, 0.3) is 5.91 Å². The summed E-state index contributed by atoms with van der Waals surface area (Å²) < 4.78 is 5.60. The SMILES string of the molecule is CN(C)C(=O)CN1CCN(C(=O)C2=NN(c3ccccc3)C(C(=O)OC(C)(C)C)C2)CC1. The molecule has 0 radical (unpaired) electrons. The normalized spacial score (nSPS) is 19.5. The Morgan fingerprint density at radius 3 is 2.25 bits per heavy atom. The number of hydrogen-bond acceptors (Lipinski definition) is 7. The van der Waals surface area contributed by atoms with E-state index in [1.165, 1.54) is 0 Å². The van der Waals surface area contributed by atoms with Crippen LogP contribution in [0.4, 0.5) is 5.69 Å². The Morgan fingerprint density at radius 2 is 1.69 bits per heavy atom. The summed E-state index contributed by atoms with van der Waals surface area (Å²) in [6.07, 6.45) is 0.196. The first-order valence-corrected chi connectivity index (χ1v) is 10.9. The topological polar surface area (TPSA) is 85.8 Å². The van der Waals surface area contributed by atoms with E-state index in [0.29, 0.717) is 38.4 Å². The van der Waals surface area contributed by atoms with Crippen LogP contribution in [-0.4, -0.2) is 96.7 Å². The molecule has 1 unspecified atom stereocenters. The van der Waals surface area contributed by atoms with E-state index in [2.05, 4.69) is 5.10 Å². The largest absolute Gasteiger partial charge is 0.458 e. The zero-order valence-corrected chi connectivity index (χ0v) is 19.6. The van der Waals surface area contributed by atoms with Gasteiger partial charge in [0.1, 0.15) is 11.3 Å². The summed E-state index contributed by atoms with van der Waals surface area (Å²) >= 11 is 0.